The number of nitrogens with zero attached hydrogens (tertiary/aromatic N) is 1. The number of rotatable bonds is 6. The Morgan fingerprint density at radius 2 is 2.10 bits per heavy atom. The molecule has 0 aromatic carbocycles. The van der Waals surface area contributed by atoms with Crippen LogP contribution in [-0.2, 0) is 13.0 Å². The maximum absolute atomic E-state index is 6.28. The summed E-state index contributed by atoms with van der Waals surface area (Å²) in [5.41, 5.74) is 11.0. The van der Waals surface area contributed by atoms with Crippen molar-refractivity contribution < 1.29 is 0 Å². The average Bonchev–Trinajstić information content (AvgIpc) is 2.68. The van der Waals surface area contributed by atoms with Gasteiger partial charge in [-0.3, -0.25) is 0 Å². The Morgan fingerprint density at radius 3 is 2.80 bits per heavy atom. The van der Waals surface area contributed by atoms with E-state index in [0.29, 0.717) is 5.41 Å². The minimum absolute atomic E-state index is 0.266. The van der Waals surface area contributed by atoms with Gasteiger partial charge in [-0.15, -0.1) is 0 Å². The fraction of sp³-hybridized carbons (Fsp3) is 0.778. The maximum atomic E-state index is 6.28. The fourth-order valence-corrected chi connectivity index (χ4v) is 3.58. The Kier molecular flexibility index (Phi) is 4.95. The van der Waals surface area contributed by atoms with Gasteiger partial charge in [0.25, 0.3) is 0 Å². The third-order valence-electron chi connectivity index (χ3n) is 4.82. The van der Waals surface area contributed by atoms with Gasteiger partial charge in [0, 0.05) is 24.0 Å². The van der Waals surface area contributed by atoms with Gasteiger partial charge in [0.2, 0.25) is 0 Å². The molecular formula is C18H32N2. The summed E-state index contributed by atoms with van der Waals surface area (Å²) >= 11 is 0. The Bertz CT molecular complexity index is 443. The lowest BCUT2D eigenvalue weighted by atomic mass is 9.86. The van der Waals surface area contributed by atoms with Crippen molar-refractivity contribution in [3.63, 3.8) is 0 Å². The summed E-state index contributed by atoms with van der Waals surface area (Å²) in [7, 11) is 0. The van der Waals surface area contributed by atoms with E-state index < -0.39 is 0 Å². The summed E-state index contributed by atoms with van der Waals surface area (Å²) < 4.78 is 2.56. The minimum atomic E-state index is 0.266. The fourth-order valence-electron chi connectivity index (χ4n) is 3.58. The molecule has 2 heteroatoms. The molecule has 1 aliphatic rings. The molecule has 114 valence electrons. The molecule has 2 rings (SSSR count). The molecule has 0 saturated carbocycles. The van der Waals surface area contributed by atoms with E-state index in [1.54, 1.807) is 0 Å². The SMILES string of the molecule is CCCCCC(C)(C)Cn1c(C)cc2c1CCCC2N. The van der Waals surface area contributed by atoms with Crippen LogP contribution in [0.5, 0.6) is 0 Å². The van der Waals surface area contributed by atoms with E-state index in [1.807, 2.05) is 0 Å². The zero-order valence-electron chi connectivity index (χ0n) is 13.8. The van der Waals surface area contributed by atoms with Gasteiger partial charge in [-0.1, -0.05) is 40.0 Å². The van der Waals surface area contributed by atoms with E-state index in [2.05, 4.69) is 38.3 Å². The Morgan fingerprint density at radius 1 is 1.35 bits per heavy atom. The predicted molar refractivity (Wildman–Crippen MR) is 87.0 cm³/mol. The lowest BCUT2D eigenvalue weighted by molar-refractivity contribution is 0.265. The minimum Gasteiger partial charge on any atom is -0.348 e. The molecule has 1 aromatic heterocycles. The van der Waals surface area contributed by atoms with Crippen molar-refractivity contribution in [2.45, 2.75) is 85.2 Å². The zero-order valence-corrected chi connectivity index (χ0v) is 13.8. The third-order valence-corrected chi connectivity index (χ3v) is 4.82. The van der Waals surface area contributed by atoms with Crippen molar-refractivity contribution in [3.05, 3.63) is 23.0 Å². The zero-order chi connectivity index (χ0) is 14.8. The van der Waals surface area contributed by atoms with Gasteiger partial charge in [0.15, 0.2) is 0 Å². The first-order valence-electron chi connectivity index (χ1n) is 8.39. The summed E-state index contributed by atoms with van der Waals surface area (Å²) in [5, 5.41) is 0. The van der Waals surface area contributed by atoms with E-state index in [9.17, 15) is 0 Å². The molecule has 2 nitrogen and oxygen atoms in total. The van der Waals surface area contributed by atoms with Gasteiger partial charge < -0.3 is 10.3 Å². The van der Waals surface area contributed by atoms with Gasteiger partial charge in [-0.2, -0.15) is 0 Å². The molecule has 1 unspecified atom stereocenters. The summed E-state index contributed by atoms with van der Waals surface area (Å²) in [6, 6.07) is 2.60. The molecule has 0 fully saturated rings. The molecule has 1 heterocycles. The number of nitrogens with two attached hydrogens (primary N) is 1. The molecule has 0 spiro atoms. The van der Waals surface area contributed by atoms with Crippen LogP contribution >= 0.6 is 0 Å². The highest BCUT2D eigenvalue weighted by atomic mass is 15.0. The summed E-state index contributed by atoms with van der Waals surface area (Å²) in [6.45, 7) is 10.5. The summed E-state index contributed by atoms with van der Waals surface area (Å²) in [6.07, 6.45) is 8.94. The maximum Gasteiger partial charge on any atom is 0.0313 e. The molecule has 1 aliphatic carbocycles. The molecule has 0 saturated heterocycles. The Labute approximate surface area is 124 Å². The topological polar surface area (TPSA) is 30.9 Å². The first kappa shape index (κ1) is 15.6. The van der Waals surface area contributed by atoms with Crippen LogP contribution in [-0.4, -0.2) is 4.57 Å². The molecule has 20 heavy (non-hydrogen) atoms. The van der Waals surface area contributed by atoms with Crippen LogP contribution in [0.1, 0.15) is 82.3 Å². The number of aromatic nitrogens is 1. The lowest BCUT2D eigenvalue weighted by Gasteiger charge is -2.29. The summed E-state index contributed by atoms with van der Waals surface area (Å²) in [4.78, 5) is 0. The van der Waals surface area contributed by atoms with Crippen LogP contribution in [0, 0.1) is 12.3 Å². The van der Waals surface area contributed by atoms with E-state index in [1.165, 1.54) is 55.5 Å². The highest BCUT2D eigenvalue weighted by Gasteiger charge is 2.25. The van der Waals surface area contributed by atoms with Crippen molar-refractivity contribution in [2.75, 3.05) is 0 Å². The van der Waals surface area contributed by atoms with Crippen LogP contribution < -0.4 is 5.73 Å². The van der Waals surface area contributed by atoms with Crippen LogP contribution in [0.15, 0.2) is 6.07 Å². The van der Waals surface area contributed by atoms with Crippen LogP contribution in [0.2, 0.25) is 0 Å². The number of hydrogen-bond acceptors (Lipinski definition) is 1. The van der Waals surface area contributed by atoms with Gasteiger partial charge >= 0.3 is 0 Å². The first-order valence-corrected chi connectivity index (χ1v) is 8.39. The first-order chi connectivity index (χ1) is 9.44. The molecule has 0 aliphatic heterocycles. The smallest absolute Gasteiger partial charge is 0.0313 e. The van der Waals surface area contributed by atoms with Gasteiger partial charge in [-0.25, -0.2) is 0 Å². The van der Waals surface area contributed by atoms with Crippen LogP contribution in [0.25, 0.3) is 0 Å². The Balaban J connectivity index is 2.13. The van der Waals surface area contributed by atoms with Crippen molar-refractivity contribution in [3.8, 4) is 0 Å². The average molecular weight is 276 g/mol. The number of unbranched alkanes of at least 4 members (excludes halogenated alkanes) is 2. The normalized spacial score (nSPS) is 19.1. The highest BCUT2D eigenvalue weighted by Crippen LogP contribution is 2.34. The van der Waals surface area contributed by atoms with E-state index >= 15 is 0 Å². The molecule has 1 aromatic rings. The van der Waals surface area contributed by atoms with Crippen molar-refractivity contribution in [1.29, 1.82) is 0 Å². The predicted octanol–water partition coefficient (Wildman–Crippen LogP) is 4.74. The lowest BCUT2D eigenvalue weighted by Crippen LogP contribution is -2.24. The second kappa shape index (κ2) is 6.34. The third kappa shape index (κ3) is 3.46. The van der Waals surface area contributed by atoms with Gasteiger partial charge in [0.1, 0.15) is 0 Å². The number of fused-ring (bicyclic) bond motifs is 1. The quantitative estimate of drug-likeness (QED) is 0.748. The van der Waals surface area contributed by atoms with Crippen LogP contribution in [0.3, 0.4) is 0 Å². The standard InChI is InChI=1S/C18H32N2/c1-5-6-7-11-18(3,4)13-20-14(2)12-15-16(19)9-8-10-17(15)20/h12,16H,5-11,13,19H2,1-4H3. The largest absolute Gasteiger partial charge is 0.348 e. The van der Waals surface area contributed by atoms with Crippen LogP contribution in [0.4, 0.5) is 0 Å². The van der Waals surface area contributed by atoms with Gasteiger partial charge in [-0.05, 0) is 49.7 Å². The Hall–Kier alpha value is -0.760. The van der Waals surface area contributed by atoms with E-state index in [0.717, 1.165) is 13.0 Å². The molecular weight excluding hydrogens is 244 g/mol. The van der Waals surface area contributed by atoms with Crippen molar-refractivity contribution >= 4 is 0 Å². The van der Waals surface area contributed by atoms with Crippen molar-refractivity contribution in [2.24, 2.45) is 11.1 Å². The highest BCUT2D eigenvalue weighted by molar-refractivity contribution is 5.32. The molecule has 0 radical (unpaired) electrons. The number of aryl methyl sites for hydroxylation is 1. The molecule has 0 bridgehead atoms. The monoisotopic (exact) mass is 276 g/mol. The van der Waals surface area contributed by atoms with E-state index in [-0.39, 0.29) is 6.04 Å². The van der Waals surface area contributed by atoms with E-state index in [4.69, 9.17) is 5.73 Å². The molecule has 2 N–H and O–H groups in total. The van der Waals surface area contributed by atoms with Crippen molar-refractivity contribution in [1.82, 2.24) is 4.57 Å². The van der Waals surface area contributed by atoms with Gasteiger partial charge in [0.05, 0.1) is 0 Å². The number of hydrogen-bond donors (Lipinski definition) is 1. The second-order valence-corrected chi connectivity index (χ2v) is 7.39. The second-order valence-electron chi connectivity index (χ2n) is 7.39. The molecule has 0 amide bonds. The molecule has 1 atom stereocenters. The summed E-state index contributed by atoms with van der Waals surface area (Å²) in [5.74, 6) is 0.